The highest BCUT2D eigenvalue weighted by atomic mass is 79.9. The molecule has 1 aliphatic carbocycles. The van der Waals surface area contributed by atoms with Gasteiger partial charge in [0.25, 0.3) is 0 Å². The molecule has 1 aromatic heterocycles. The van der Waals surface area contributed by atoms with Crippen LogP contribution in [0.4, 0.5) is 10.1 Å². The Balaban J connectivity index is 1.85. The lowest BCUT2D eigenvalue weighted by Crippen LogP contribution is -2.15. The highest BCUT2D eigenvalue weighted by molar-refractivity contribution is 9.11. The number of hydrogen-bond donors (Lipinski definition) is 1. The molecule has 1 heterocycles. The average Bonchev–Trinajstić information content (AvgIpc) is 2.82. The van der Waals surface area contributed by atoms with Gasteiger partial charge in [0.2, 0.25) is 0 Å². The average molecular weight is 356 g/mol. The van der Waals surface area contributed by atoms with Crippen molar-refractivity contribution in [2.45, 2.75) is 25.3 Å². The number of nitrogens with one attached hydrogen (secondary N) is 1. The van der Waals surface area contributed by atoms with Gasteiger partial charge < -0.3 is 10.1 Å². The fourth-order valence-corrected chi connectivity index (χ4v) is 4.44. The number of thiophene rings is 1. The summed E-state index contributed by atoms with van der Waals surface area (Å²) >= 11 is 5.37. The molecule has 1 N–H and O–H groups in total. The number of anilines is 1. The van der Waals surface area contributed by atoms with Gasteiger partial charge in [-0.15, -0.1) is 11.3 Å². The Kier molecular flexibility index (Phi) is 3.98. The van der Waals surface area contributed by atoms with Gasteiger partial charge >= 0.3 is 0 Å². The molecule has 106 valence electrons. The number of rotatable bonds is 3. The van der Waals surface area contributed by atoms with Gasteiger partial charge in [-0.2, -0.15) is 0 Å². The fraction of sp³-hybridized carbons (Fsp3) is 0.333. The maximum atomic E-state index is 13.4. The molecular formula is C15H15BrFNOS. The third-order valence-corrected chi connectivity index (χ3v) is 5.29. The van der Waals surface area contributed by atoms with E-state index in [1.54, 1.807) is 23.5 Å². The summed E-state index contributed by atoms with van der Waals surface area (Å²) in [5.74, 6) is -0.0572. The van der Waals surface area contributed by atoms with Gasteiger partial charge in [0.1, 0.15) is 0 Å². The number of ether oxygens (including phenoxy) is 1. The van der Waals surface area contributed by atoms with E-state index in [9.17, 15) is 4.39 Å². The van der Waals surface area contributed by atoms with E-state index in [1.807, 2.05) is 0 Å². The molecule has 0 aliphatic heterocycles. The van der Waals surface area contributed by atoms with Gasteiger partial charge in [0, 0.05) is 16.6 Å². The van der Waals surface area contributed by atoms with Crippen molar-refractivity contribution >= 4 is 33.0 Å². The lowest BCUT2D eigenvalue weighted by molar-refractivity contribution is 0.386. The minimum absolute atomic E-state index is 0.275. The molecule has 2 nitrogen and oxygen atoms in total. The Labute approximate surface area is 130 Å². The van der Waals surface area contributed by atoms with E-state index in [2.05, 4.69) is 27.3 Å². The molecule has 1 atom stereocenters. The summed E-state index contributed by atoms with van der Waals surface area (Å²) < 4.78 is 19.6. The Morgan fingerprint density at radius 2 is 2.25 bits per heavy atom. The molecule has 0 bridgehead atoms. The molecule has 0 saturated heterocycles. The van der Waals surface area contributed by atoms with Crippen LogP contribution < -0.4 is 10.1 Å². The van der Waals surface area contributed by atoms with Crippen LogP contribution in [0.5, 0.6) is 5.75 Å². The Bertz CT molecular complexity index is 628. The van der Waals surface area contributed by atoms with Crippen LogP contribution in [0.3, 0.4) is 0 Å². The van der Waals surface area contributed by atoms with Crippen LogP contribution in [-0.4, -0.2) is 7.11 Å². The third kappa shape index (κ3) is 2.69. The molecule has 2 aromatic rings. The van der Waals surface area contributed by atoms with E-state index in [1.165, 1.54) is 33.8 Å². The number of benzene rings is 1. The standard InChI is InChI=1S/C15H15BrFNOS/c1-19-13-7-9(5-6-11(13)17)18-12-3-2-4-14-10(12)8-15(16)20-14/h5-8,12,18H,2-4H2,1H3. The summed E-state index contributed by atoms with van der Waals surface area (Å²) in [5, 5.41) is 3.49. The van der Waals surface area contributed by atoms with Crippen molar-refractivity contribution in [3.8, 4) is 5.75 Å². The molecular weight excluding hydrogens is 341 g/mol. The molecule has 1 aromatic carbocycles. The van der Waals surface area contributed by atoms with Crippen LogP contribution in [0.2, 0.25) is 0 Å². The van der Waals surface area contributed by atoms with E-state index >= 15 is 0 Å². The Hall–Kier alpha value is -1.07. The van der Waals surface area contributed by atoms with Crippen molar-refractivity contribution in [3.05, 3.63) is 44.3 Å². The van der Waals surface area contributed by atoms with E-state index in [0.29, 0.717) is 0 Å². The number of hydrogen-bond acceptors (Lipinski definition) is 3. The summed E-state index contributed by atoms with van der Waals surface area (Å²) in [6.45, 7) is 0. The normalized spacial score (nSPS) is 17.6. The molecule has 0 spiro atoms. The minimum Gasteiger partial charge on any atom is -0.494 e. The second kappa shape index (κ2) is 5.74. The molecule has 0 fully saturated rings. The maximum Gasteiger partial charge on any atom is 0.165 e. The van der Waals surface area contributed by atoms with Crippen LogP contribution in [0.15, 0.2) is 28.1 Å². The maximum absolute atomic E-state index is 13.4. The first-order valence-electron chi connectivity index (χ1n) is 6.55. The van der Waals surface area contributed by atoms with Gasteiger partial charge in [-0.25, -0.2) is 4.39 Å². The summed E-state index contributed by atoms with van der Waals surface area (Å²) in [6, 6.07) is 7.39. The first kappa shape index (κ1) is 13.9. The first-order chi connectivity index (χ1) is 9.67. The number of methoxy groups -OCH3 is 1. The van der Waals surface area contributed by atoms with Crippen molar-refractivity contribution in [1.82, 2.24) is 0 Å². The molecule has 0 amide bonds. The van der Waals surface area contributed by atoms with E-state index < -0.39 is 0 Å². The molecule has 20 heavy (non-hydrogen) atoms. The quantitative estimate of drug-likeness (QED) is 0.821. The van der Waals surface area contributed by atoms with Crippen LogP contribution >= 0.6 is 27.3 Å². The second-order valence-electron chi connectivity index (χ2n) is 4.87. The predicted molar refractivity (Wildman–Crippen MR) is 84.3 cm³/mol. The lowest BCUT2D eigenvalue weighted by atomic mass is 9.94. The minimum atomic E-state index is -0.333. The first-order valence-corrected chi connectivity index (χ1v) is 8.16. The van der Waals surface area contributed by atoms with Crippen LogP contribution in [0, 0.1) is 5.82 Å². The van der Waals surface area contributed by atoms with E-state index in [4.69, 9.17) is 4.74 Å². The van der Waals surface area contributed by atoms with Crippen molar-refractivity contribution in [2.75, 3.05) is 12.4 Å². The van der Waals surface area contributed by atoms with Crippen molar-refractivity contribution in [2.24, 2.45) is 0 Å². The van der Waals surface area contributed by atoms with E-state index in [-0.39, 0.29) is 17.6 Å². The second-order valence-corrected chi connectivity index (χ2v) is 7.38. The third-order valence-electron chi connectivity index (χ3n) is 3.58. The fourth-order valence-electron chi connectivity index (χ4n) is 2.62. The van der Waals surface area contributed by atoms with Gasteiger partial charge in [0.15, 0.2) is 11.6 Å². The SMILES string of the molecule is COc1cc(NC2CCCc3sc(Br)cc32)ccc1F. The summed E-state index contributed by atoms with van der Waals surface area (Å²) in [6.07, 6.45) is 3.42. The Morgan fingerprint density at radius 3 is 3.05 bits per heavy atom. The molecule has 5 heteroatoms. The zero-order chi connectivity index (χ0) is 14.1. The van der Waals surface area contributed by atoms with Crippen molar-refractivity contribution < 1.29 is 9.13 Å². The summed E-state index contributed by atoms with van der Waals surface area (Å²) in [5.41, 5.74) is 2.25. The molecule has 1 unspecified atom stereocenters. The van der Waals surface area contributed by atoms with Gasteiger partial charge in [-0.1, -0.05) is 0 Å². The van der Waals surface area contributed by atoms with Gasteiger partial charge in [0.05, 0.1) is 16.9 Å². The lowest BCUT2D eigenvalue weighted by Gasteiger charge is -2.24. The smallest absolute Gasteiger partial charge is 0.165 e. The highest BCUT2D eigenvalue weighted by Gasteiger charge is 2.22. The number of fused-ring (bicyclic) bond motifs is 1. The zero-order valence-electron chi connectivity index (χ0n) is 11.1. The largest absolute Gasteiger partial charge is 0.494 e. The summed E-state index contributed by atoms with van der Waals surface area (Å²) in [4.78, 5) is 1.44. The molecule has 1 aliphatic rings. The predicted octanol–water partition coefficient (Wildman–Crippen LogP) is 5.15. The summed E-state index contributed by atoms with van der Waals surface area (Å²) in [7, 11) is 1.48. The van der Waals surface area contributed by atoms with Crippen LogP contribution in [-0.2, 0) is 6.42 Å². The van der Waals surface area contributed by atoms with Gasteiger partial charge in [-0.3, -0.25) is 0 Å². The Morgan fingerprint density at radius 1 is 1.40 bits per heavy atom. The van der Waals surface area contributed by atoms with Gasteiger partial charge in [-0.05, 0) is 59.0 Å². The molecule has 0 saturated carbocycles. The van der Waals surface area contributed by atoms with E-state index in [0.717, 1.165) is 18.5 Å². The highest BCUT2D eigenvalue weighted by Crippen LogP contribution is 2.39. The number of aryl methyl sites for hydroxylation is 1. The van der Waals surface area contributed by atoms with Crippen molar-refractivity contribution in [3.63, 3.8) is 0 Å². The monoisotopic (exact) mass is 355 g/mol. The molecule has 0 radical (unpaired) electrons. The molecule has 3 rings (SSSR count). The number of halogens is 2. The topological polar surface area (TPSA) is 21.3 Å². The van der Waals surface area contributed by atoms with Crippen LogP contribution in [0.1, 0.15) is 29.3 Å². The zero-order valence-corrected chi connectivity index (χ0v) is 13.5. The van der Waals surface area contributed by atoms with Crippen molar-refractivity contribution in [1.29, 1.82) is 0 Å². The van der Waals surface area contributed by atoms with Crippen LogP contribution in [0.25, 0.3) is 0 Å².